The number of aliphatic hydroxyl groups excluding tert-OH is 1. The van der Waals surface area contributed by atoms with E-state index < -0.39 is 10.0 Å². The van der Waals surface area contributed by atoms with E-state index in [2.05, 4.69) is 5.32 Å². The van der Waals surface area contributed by atoms with Crippen LogP contribution < -0.4 is 5.32 Å². The van der Waals surface area contributed by atoms with Crippen LogP contribution >= 0.6 is 0 Å². The van der Waals surface area contributed by atoms with Crippen molar-refractivity contribution in [3.8, 4) is 0 Å². The van der Waals surface area contributed by atoms with Gasteiger partial charge in [-0.2, -0.15) is 0 Å². The van der Waals surface area contributed by atoms with E-state index in [1.807, 2.05) is 0 Å². The number of carbonyl (C=O) groups is 1. The van der Waals surface area contributed by atoms with Gasteiger partial charge in [0.15, 0.2) is 0 Å². The molecule has 0 spiro atoms. The summed E-state index contributed by atoms with van der Waals surface area (Å²) in [4.78, 5) is 11.6. The van der Waals surface area contributed by atoms with Gasteiger partial charge in [-0.05, 0) is 12.8 Å². The molecule has 0 aromatic heterocycles. The first-order chi connectivity index (χ1) is 7.45. The minimum absolute atomic E-state index is 0.103. The monoisotopic (exact) mass is 250 g/mol. The Kier molecular flexibility index (Phi) is 4.69. The molecule has 94 valence electrons. The molecule has 1 rings (SSSR count). The molecule has 16 heavy (non-hydrogen) atoms. The molecule has 1 atom stereocenters. The van der Waals surface area contributed by atoms with E-state index in [-0.39, 0.29) is 31.5 Å². The highest BCUT2D eigenvalue weighted by atomic mass is 32.2. The van der Waals surface area contributed by atoms with Crippen LogP contribution in [0.1, 0.15) is 12.8 Å². The van der Waals surface area contributed by atoms with Crippen molar-refractivity contribution < 1.29 is 18.3 Å². The lowest BCUT2D eigenvalue weighted by Crippen LogP contribution is -2.45. The third-order valence-corrected chi connectivity index (χ3v) is 3.90. The molecule has 1 fully saturated rings. The lowest BCUT2D eigenvalue weighted by atomic mass is 9.99. The largest absolute Gasteiger partial charge is 0.395 e. The first-order valence-corrected chi connectivity index (χ1v) is 7.13. The molecule has 7 heteroatoms. The van der Waals surface area contributed by atoms with E-state index in [4.69, 9.17) is 5.11 Å². The maximum atomic E-state index is 11.6. The summed E-state index contributed by atoms with van der Waals surface area (Å²) >= 11 is 0. The van der Waals surface area contributed by atoms with Crippen molar-refractivity contribution >= 4 is 15.9 Å². The van der Waals surface area contributed by atoms with Crippen molar-refractivity contribution in [3.63, 3.8) is 0 Å². The lowest BCUT2D eigenvalue weighted by Gasteiger charge is -2.30. The molecule has 2 N–H and O–H groups in total. The van der Waals surface area contributed by atoms with Gasteiger partial charge >= 0.3 is 0 Å². The van der Waals surface area contributed by atoms with Crippen LogP contribution in [0.3, 0.4) is 0 Å². The fourth-order valence-corrected chi connectivity index (χ4v) is 2.69. The van der Waals surface area contributed by atoms with Crippen molar-refractivity contribution in [2.75, 3.05) is 32.5 Å². The highest BCUT2D eigenvalue weighted by Gasteiger charge is 2.29. The Labute approximate surface area is 95.7 Å². The highest BCUT2D eigenvalue weighted by molar-refractivity contribution is 7.88. The van der Waals surface area contributed by atoms with Crippen molar-refractivity contribution in [2.24, 2.45) is 5.92 Å². The van der Waals surface area contributed by atoms with Crippen LogP contribution in [0, 0.1) is 5.92 Å². The van der Waals surface area contributed by atoms with Crippen molar-refractivity contribution in [2.45, 2.75) is 12.8 Å². The molecule has 0 bridgehead atoms. The molecule has 6 nitrogen and oxygen atoms in total. The molecule has 1 saturated heterocycles. The molecule has 0 radical (unpaired) electrons. The van der Waals surface area contributed by atoms with E-state index in [0.717, 1.165) is 6.26 Å². The number of aliphatic hydroxyl groups is 1. The second-order valence-corrected chi connectivity index (χ2v) is 5.96. The Bertz CT molecular complexity index is 341. The number of amides is 1. The number of sulfonamides is 1. The molecule has 0 aromatic carbocycles. The van der Waals surface area contributed by atoms with Crippen LogP contribution in [-0.4, -0.2) is 56.2 Å². The van der Waals surface area contributed by atoms with Crippen molar-refractivity contribution in [3.05, 3.63) is 0 Å². The van der Waals surface area contributed by atoms with Crippen molar-refractivity contribution in [1.29, 1.82) is 0 Å². The van der Waals surface area contributed by atoms with Crippen LogP contribution in [-0.2, 0) is 14.8 Å². The summed E-state index contributed by atoms with van der Waals surface area (Å²) < 4.78 is 24.0. The molecular formula is C9H18N2O4S. The fourth-order valence-electron chi connectivity index (χ4n) is 1.78. The van der Waals surface area contributed by atoms with Gasteiger partial charge in [0.25, 0.3) is 0 Å². The van der Waals surface area contributed by atoms with Gasteiger partial charge in [0.1, 0.15) is 0 Å². The minimum atomic E-state index is -3.21. The number of nitrogens with zero attached hydrogens (tertiary/aromatic N) is 1. The van der Waals surface area contributed by atoms with Gasteiger partial charge in [-0.15, -0.1) is 0 Å². The molecule has 0 aliphatic carbocycles. The Morgan fingerprint density at radius 2 is 2.25 bits per heavy atom. The quantitative estimate of drug-likeness (QED) is 0.654. The lowest BCUT2D eigenvalue weighted by molar-refractivity contribution is -0.126. The van der Waals surface area contributed by atoms with Crippen LogP contribution in [0.25, 0.3) is 0 Å². The summed E-state index contributed by atoms with van der Waals surface area (Å²) in [6.45, 7) is 0.848. The fraction of sp³-hybridized carbons (Fsp3) is 0.889. The zero-order valence-electron chi connectivity index (χ0n) is 9.35. The van der Waals surface area contributed by atoms with Crippen LogP contribution in [0.4, 0.5) is 0 Å². The summed E-state index contributed by atoms with van der Waals surface area (Å²) in [5.74, 6) is -0.475. The molecular weight excluding hydrogens is 232 g/mol. The predicted molar refractivity (Wildman–Crippen MR) is 59.2 cm³/mol. The van der Waals surface area contributed by atoms with Crippen LogP contribution in [0.2, 0.25) is 0 Å². The summed E-state index contributed by atoms with van der Waals surface area (Å²) in [5.41, 5.74) is 0. The number of nitrogens with one attached hydrogen (secondary N) is 1. The molecule has 0 aromatic rings. The molecule has 0 unspecified atom stereocenters. The van der Waals surface area contributed by atoms with E-state index in [1.54, 1.807) is 0 Å². The van der Waals surface area contributed by atoms with Gasteiger partial charge < -0.3 is 10.4 Å². The van der Waals surface area contributed by atoms with Gasteiger partial charge in [0.05, 0.1) is 18.8 Å². The Hall–Kier alpha value is -0.660. The average Bonchev–Trinajstić information content (AvgIpc) is 2.25. The second-order valence-electron chi connectivity index (χ2n) is 3.97. The number of hydrogen-bond donors (Lipinski definition) is 2. The Morgan fingerprint density at radius 1 is 1.56 bits per heavy atom. The molecule has 0 saturated carbocycles. The third-order valence-electron chi connectivity index (χ3n) is 2.63. The Morgan fingerprint density at radius 3 is 2.81 bits per heavy atom. The number of carbonyl (C=O) groups excluding carboxylic acids is 1. The first kappa shape index (κ1) is 13.4. The van der Waals surface area contributed by atoms with Gasteiger partial charge in [-0.3, -0.25) is 4.79 Å². The zero-order valence-corrected chi connectivity index (χ0v) is 10.2. The molecule has 1 amide bonds. The average molecular weight is 250 g/mol. The topological polar surface area (TPSA) is 86.7 Å². The standard InChI is InChI=1S/C9H18N2O4S/c1-16(14,15)11-5-2-3-8(7-11)9(13)10-4-6-12/h8,12H,2-7H2,1H3,(H,10,13)/t8-/m0/s1. The SMILES string of the molecule is CS(=O)(=O)N1CCC[C@H](C(=O)NCCO)C1. The number of hydrogen-bond acceptors (Lipinski definition) is 4. The van der Waals surface area contributed by atoms with E-state index in [0.29, 0.717) is 19.4 Å². The summed E-state index contributed by atoms with van der Waals surface area (Å²) in [6.07, 6.45) is 2.55. The summed E-state index contributed by atoms with van der Waals surface area (Å²) in [7, 11) is -3.21. The Balaban J connectivity index is 2.54. The summed E-state index contributed by atoms with van der Waals surface area (Å²) in [5, 5.41) is 11.1. The maximum Gasteiger partial charge on any atom is 0.224 e. The first-order valence-electron chi connectivity index (χ1n) is 5.29. The molecule has 1 aliphatic heterocycles. The van der Waals surface area contributed by atoms with Gasteiger partial charge in [0, 0.05) is 19.6 Å². The summed E-state index contributed by atoms with van der Waals surface area (Å²) in [6, 6.07) is 0. The molecule has 1 heterocycles. The predicted octanol–water partition coefficient (Wildman–Crippen LogP) is -1.23. The minimum Gasteiger partial charge on any atom is -0.395 e. The van der Waals surface area contributed by atoms with Gasteiger partial charge in [-0.1, -0.05) is 0 Å². The smallest absolute Gasteiger partial charge is 0.224 e. The normalized spacial score (nSPS) is 23.0. The number of piperidine rings is 1. The number of rotatable bonds is 4. The van der Waals surface area contributed by atoms with Gasteiger partial charge in [-0.25, -0.2) is 12.7 Å². The second kappa shape index (κ2) is 5.60. The van der Waals surface area contributed by atoms with E-state index in [1.165, 1.54) is 4.31 Å². The van der Waals surface area contributed by atoms with Crippen LogP contribution in [0.5, 0.6) is 0 Å². The maximum absolute atomic E-state index is 11.6. The molecule has 1 aliphatic rings. The zero-order chi connectivity index (χ0) is 12.2. The van der Waals surface area contributed by atoms with E-state index >= 15 is 0 Å². The van der Waals surface area contributed by atoms with Crippen LogP contribution in [0.15, 0.2) is 0 Å². The third kappa shape index (κ3) is 3.73. The van der Waals surface area contributed by atoms with Gasteiger partial charge in [0.2, 0.25) is 15.9 Å². The van der Waals surface area contributed by atoms with Crippen molar-refractivity contribution in [1.82, 2.24) is 9.62 Å². The van der Waals surface area contributed by atoms with E-state index in [9.17, 15) is 13.2 Å². The highest BCUT2D eigenvalue weighted by Crippen LogP contribution is 2.18.